The molecular formula is C22H22N2O4S. The van der Waals surface area contributed by atoms with Crippen LogP contribution in [0, 0.1) is 20.8 Å². The first kappa shape index (κ1) is 20.5. The van der Waals surface area contributed by atoms with Gasteiger partial charge in [0.05, 0.1) is 11.4 Å². The minimum Gasteiger partial charge on any atom is -0.507 e. The van der Waals surface area contributed by atoms with E-state index < -0.39 is 5.97 Å². The van der Waals surface area contributed by atoms with Gasteiger partial charge in [-0.2, -0.15) is 0 Å². The molecule has 1 N–H and O–H groups in total. The van der Waals surface area contributed by atoms with Crippen LogP contribution in [0.4, 0.5) is 10.8 Å². The van der Waals surface area contributed by atoms with Gasteiger partial charge in [0.1, 0.15) is 17.9 Å². The molecule has 0 fully saturated rings. The molecule has 0 aliphatic rings. The van der Waals surface area contributed by atoms with E-state index in [4.69, 9.17) is 4.74 Å². The molecule has 0 aliphatic heterocycles. The average molecular weight is 410 g/mol. The summed E-state index contributed by atoms with van der Waals surface area (Å²) in [5.41, 5.74) is 4.45. The molecule has 0 unspecified atom stereocenters. The van der Waals surface area contributed by atoms with Crippen molar-refractivity contribution in [3.05, 3.63) is 69.7 Å². The Morgan fingerprint density at radius 3 is 2.55 bits per heavy atom. The van der Waals surface area contributed by atoms with Crippen LogP contribution in [-0.2, 0) is 16.1 Å². The molecule has 0 bridgehead atoms. The molecule has 1 amide bonds. The summed E-state index contributed by atoms with van der Waals surface area (Å²) < 4.78 is 5.29. The lowest BCUT2D eigenvalue weighted by Gasteiger charge is -2.19. The highest BCUT2D eigenvalue weighted by Gasteiger charge is 2.19. The number of hydrogen-bond acceptors (Lipinski definition) is 6. The van der Waals surface area contributed by atoms with E-state index in [1.165, 1.54) is 29.2 Å². The molecule has 7 heteroatoms. The summed E-state index contributed by atoms with van der Waals surface area (Å²) >= 11 is 1.30. The van der Waals surface area contributed by atoms with Crippen molar-refractivity contribution in [2.24, 2.45) is 0 Å². The maximum Gasteiger partial charge on any atom is 0.342 e. The maximum atomic E-state index is 12.3. The molecular weight excluding hydrogens is 388 g/mol. The van der Waals surface area contributed by atoms with Gasteiger partial charge >= 0.3 is 5.97 Å². The van der Waals surface area contributed by atoms with Crippen LogP contribution >= 0.6 is 11.3 Å². The quantitative estimate of drug-likeness (QED) is 0.610. The second kappa shape index (κ2) is 8.45. The zero-order valence-corrected chi connectivity index (χ0v) is 17.5. The molecule has 0 aliphatic carbocycles. The largest absolute Gasteiger partial charge is 0.507 e. The van der Waals surface area contributed by atoms with E-state index in [0.717, 1.165) is 22.4 Å². The van der Waals surface area contributed by atoms with Crippen LogP contribution in [0.1, 0.15) is 39.7 Å². The van der Waals surface area contributed by atoms with Gasteiger partial charge in [-0.05, 0) is 56.2 Å². The van der Waals surface area contributed by atoms with Crippen molar-refractivity contribution in [3.63, 3.8) is 0 Å². The lowest BCUT2D eigenvalue weighted by atomic mass is 10.1. The number of phenolic OH excluding ortho intramolecular Hbond substituents is 1. The topological polar surface area (TPSA) is 79.7 Å². The first-order chi connectivity index (χ1) is 13.8. The Bertz CT molecular complexity index is 1070. The molecule has 29 heavy (non-hydrogen) atoms. The van der Waals surface area contributed by atoms with E-state index in [1.54, 1.807) is 17.5 Å². The predicted molar refractivity (Wildman–Crippen MR) is 113 cm³/mol. The Labute approximate surface area is 173 Å². The predicted octanol–water partition coefficient (Wildman–Crippen LogP) is 4.82. The second-order valence-electron chi connectivity index (χ2n) is 6.84. The van der Waals surface area contributed by atoms with Crippen LogP contribution in [-0.4, -0.2) is 22.0 Å². The average Bonchev–Trinajstić information content (AvgIpc) is 3.13. The number of amides is 1. The smallest absolute Gasteiger partial charge is 0.342 e. The SMILES string of the molecule is CC(=O)N(c1ccc(C)c(C)c1)c1nc(COC(=O)c2cc(C)ccc2O)cs1. The van der Waals surface area contributed by atoms with Gasteiger partial charge in [-0.15, -0.1) is 11.3 Å². The Kier molecular flexibility index (Phi) is 5.98. The number of nitrogens with zero attached hydrogens (tertiary/aromatic N) is 2. The summed E-state index contributed by atoms with van der Waals surface area (Å²) in [5, 5.41) is 12.1. The summed E-state index contributed by atoms with van der Waals surface area (Å²) in [6, 6.07) is 10.5. The van der Waals surface area contributed by atoms with Crippen LogP contribution in [0.25, 0.3) is 0 Å². The lowest BCUT2D eigenvalue weighted by molar-refractivity contribution is -0.115. The molecule has 0 atom stereocenters. The van der Waals surface area contributed by atoms with Crippen molar-refractivity contribution in [3.8, 4) is 5.75 Å². The lowest BCUT2D eigenvalue weighted by Crippen LogP contribution is -2.22. The first-order valence-electron chi connectivity index (χ1n) is 9.05. The normalized spacial score (nSPS) is 10.6. The number of aromatic nitrogens is 1. The summed E-state index contributed by atoms with van der Waals surface area (Å²) in [5.74, 6) is -0.911. The highest BCUT2D eigenvalue weighted by atomic mass is 32.1. The van der Waals surface area contributed by atoms with Gasteiger partial charge < -0.3 is 9.84 Å². The molecule has 0 saturated heterocycles. The van der Waals surface area contributed by atoms with Crippen LogP contribution in [0.15, 0.2) is 41.8 Å². The fourth-order valence-corrected chi connectivity index (χ4v) is 3.66. The van der Waals surface area contributed by atoms with Gasteiger partial charge in [-0.25, -0.2) is 9.78 Å². The number of hydrogen-bond donors (Lipinski definition) is 1. The van der Waals surface area contributed by atoms with Crippen molar-refractivity contribution in [1.29, 1.82) is 0 Å². The zero-order valence-electron chi connectivity index (χ0n) is 16.7. The fourth-order valence-electron chi connectivity index (χ4n) is 2.79. The summed E-state index contributed by atoms with van der Waals surface area (Å²) in [6.07, 6.45) is 0. The van der Waals surface area contributed by atoms with E-state index in [2.05, 4.69) is 4.98 Å². The van der Waals surface area contributed by atoms with Gasteiger partial charge in [-0.3, -0.25) is 9.69 Å². The Morgan fingerprint density at radius 1 is 1.10 bits per heavy atom. The second-order valence-corrected chi connectivity index (χ2v) is 7.68. The Balaban J connectivity index is 1.76. The molecule has 2 aromatic carbocycles. The molecule has 3 aromatic rings. The van der Waals surface area contributed by atoms with Crippen LogP contribution < -0.4 is 4.90 Å². The van der Waals surface area contributed by atoms with E-state index in [0.29, 0.717) is 10.8 Å². The number of aromatic hydroxyl groups is 1. The maximum absolute atomic E-state index is 12.3. The van der Waals surface area contributed by atoms with E-state index in [9.17, 15) is 14.7 Å². The number of benzene rings is 2. The van der Waals surface area contributed by atoms with Gasteiger partial charge in [0.25, 0.3) is 0 Å². The number of aryl methyl sites for hydroxylation is 3. The first-order valence-corrected chi connectivity index (χ1v) is 9.93. The number of thiazole rings is 1. The van der Waals surface area contributed by atoms with E-state index in [1.807, 2.05) is 39.0 Å². The van der Waals surface area contributed by atoms with Crippen molar-refractivity contribution in [2.75, 3.05) is 4.90 Å². The third-order valence-electron chi connectivity index (χ3n) is 4.52. The number of anilines is 2. The van der Waals surface area contributed by atoms with Crippen molar-refractivity contribution >= 4 is 34.0 Å². The standard InChI is InChI=1S/C22H22N2O4S/c1-13-5-8-20(26)19(9-13)21(27)28-11-17-12-29-22(23-17)24(16(4)25)18-7-6-14(2)15(3)10-18/h5-10,12,26H,11H2,1-4H3. The number of rotatable bonds is 5. The third-order valence-corrected chi connectivity index (χ3v) is 5.39. The number of carbonyl (C=O) groups is 2. The molecule has 1 aromatic heterocycles. The molecule has 3 rings (SSSR count). The monoisotopic (exact) mass is 410 g/mol. The Hall–Kier alpha value is -3.19. The van der Waals surface area contributed by atoms with Crippen molar-refractivity contribution < 1.29 is 19.4 Å². The highest BCUT2D eigenvalue weighted by Crippen LogP contribution is 2.30. The van der Waals surface area contributed by atoms with Crippen molar-refractivity contribution in [2.45, 2.75) is 34.3 Å². The minimum atomic E-state index is -0.627. The number of ether oxygens (including phenoxy) is 1. The van der Waals surface area contributed by atoms with Crippen LogP contribution in [0.5, 0.6) is 5.75 Å². The fraction of sp³-hybridized carbons (Fsp3) is 0.227. The molecule has 0 spiro atoms. The van der Waals surface area contributed by atoms with Gasteiger partial charge in [-0.1, -0.05) is 17.7 Å². The van der Waals surface area contributed by atoms with Gasteiger partial charge in [0.2, 0.25) is 5.91 Å². The van der Waals surface area contributed by atoms with Crippen molar-refractivity contribution in [1.82, 2.24) is 4.98 Å². The molecule has 0 saturated carbocycles. The molecule has 6 nitrogen and oxygen atoms in total. The molecule has 0 radical (unpaired) electrons. The third kappa shape index (κ3) is 4.63. The zero-order chi connectivity index (χ0) is 21.1. The van der Waals surface area contributed by atoms with Crippen LogP contribution in [0.2, 0.25) is 0 Å². The van der Waals surface area contributed by atoms with Gasteiger partial charge in [0.15, 0.2) is 5.13 Å². The van der Waals surface area contributed by atoms with Gasteiger partial charge in [0, 0.05) is 12.3 Å². The Morgan fingerprint density at radius 2 is 1.86 bits per heavy atom. The van der Waals surface area contributed by atoms with E-state index >= 15 is 0 Å². The summed E-state index contributed by atoms with van der Waals surface area (Å²) in [6.45, 7) is 7.26. The number of phenols is 1. The minimum absolute atomic E-state index is 0.0542. The highest BCUT2D eigenvalue weighted by molar-refractivity contribution is 7.14. The number of carbonyl (C=O) groups excluding carboxylic acids is 2. The van der Waals surface area contributed by atoms with Crippen LogP contribution in [0.3, 0.4) is 0 Å². The molecule has 150 valence electrons. The summed E-state index contributed by atoms with van der Waals surface area (Å²) in [4.78, 5) is 30.5. The number of esters is 1. The summed E-state index contributed by atoms with van der Waals surface area (Å²) in [7, 11) is 0. The van der Waals surface area contributed by atoms with E-state index in [-0.39, 0.29) is 23.8 Å². The molecule has 1 heterocycles.